The second-order valence-corrected chi connectivity index (χ2v) is 7.63. The van der Waals surface area contributed by atoms with Gasteiger partial charge in [-0.1, -0.05) is 11.8 Å². The molecule has 0 radical (unpaired) electrons. The molecule has 2 heterocycles. The standard InChI is InChI=1S/C16H20N2O4S2/c1-21-8-7-18-15(20)13-10-5-3-4-6-11(10)24-14(13)17-16(18)23-9-12(19)22-2/h3-9H2,1-2H3. The summed E-state index contributed by atoms with van der Waals surface area (Å²) in [7, 11) is 2.95. The highest BCUT2D eigenvalue weighted by atomic mass is 32.2. The maximum atomic E-state index is 13.0. The SMILES string of the molecule is COCCn1c(SCC(=O)OC)nc2sc3c(c2c1=O)CCCC3. The van der Waals surface area contributed by atoms with E-state index in [1.807, 2.05) is 0 Å². The summed E-state index contributed by atoms with van der Waals surface area (Å²) in [5.41, 5.74) is 1.15. The molecule has 3 rings (SSSR count). The topological polar surface area (TPSA) is 70.4 Å². The lowest BCUT2D eigenvalue weighted by Gasteiger charge is -2.13. The fourth-order valence-electron chi connectivity index (χ4n) is 2.89. The quantitative estimate of drug-likeness (QED) is 0.442. The number of aromatic nitrogens is 2. The summed E-state index contributed by atoms with van der Waals surface area (Å²) in [6.07, 6.45) is 4.26. The Hall–Kier alpha value is -1.38. The predicted octanol–water partition coefficient (Wildman–Crippen LogP) is 2.25. The molecule has 0 fully saturated rings. The Kier molecular flexibility index (Phi) is 5.57. The number of carbonyl (C=O) groups is 1. The number of thiophene rings is 1. The molecule has 0 aromatic carbocycles. The number of aryl methyl sites for hydroxylation is 2. The Morgan fingerprint density at radius 2 is 2.12 bits per heavy atom. The summed E-state index contributed by atoms with van der Waals surface area (Å²) in [5, 5.41) is 1.31. The average Bonchev–Trinajstić information content (AvgIpc) is 2.97. The molecule has 0 bridgehead atoms. The van der Waals surface area contributed by atoms with E-state index in [0.29, 0.717) is 18.3 Å². The van der Waals surface area contributed by atoms with Crippen LogP contribution < -0.4 is 5.56 Å². The molecule has 0 unspecified atom stereocenters. The summed E-state index contributed by atoms with van der Waals surface area (Å²) >= 11 is 2.85. The number of methoxy groups -OCH3 is 2. The predicted molar refractivity (Wildman–Crippen MR) is 95.1 cm³/mol. The van der Waals surface area contributed by atoms with E-state index < -0.39 is 0 Å². The molecule has 0 amide bonds. The lowest BCUT2D eigenvalue weighted by molar-refractivity contribution is -0.137. The van der Waals surface area contributed by atoms with Gasteiger partial charge in [0.15, 0.2) is 5.16 Å². The smallest absolute Gasteiger partial charge is 0.316 e. The van der Waals surface area contributed by atoms with Crippen molar-refractivity contribution in [3.05, 3.63) is 20.8 Å². The first kappa shape index (κ1) is 17.4. The molecule has 24 heavy (non-hydrogen) atoms. The Labute approximate surface area is 148 Å². The molecule has 0 saturated heterocycles. The van der Waals surface area contributed by atoms with E-state index in [0.717, 1.165) is 29.5 Å². The van der Waals surface area contributed by atoms with Crippen LogP contribution >= 0.6 is 23.1 Å². The van der Waals surface area contributed by atoms with Gasteiger partial charge < -0.3 is 9.47 Å². The van der Waals surface area contributed by atoms with Crippen molar-refractivity contribution < 1.29 is 14.3 Å². The van der Waals surface area contributed by atoms with Gasteiger partial charge in [0.1, 0.15) is 4.83 Å². The van der Waals surface area contributed by atoms with Crippen molar-refractivity contribution in [3.8, 4) is 0 Å². The molecule has 0 spiro atoms. The highest BCUT2D eigenvalue weighted by Gasteiger charge is 2.22. The van der Waals surface area contributed by atoms with Crippen molar-refractivity contribution in [1.29, 1.82) is 0 Å². The number of nitrogens with zero attached hydrogens (tertiary/aromatic N) is 2. The molecule has 0 atom stereocenters. The molecular formula is C16H20N2O4S2. The van der Waals surface area contributed by atoms with Crippen molar-refractivity contribution >= 4 is 39.3 Å². The maximum Gasteiger partial charge on any atom is 0.316 e. The van der Waals surface area contributed by atoms with Crippen molar-refractivity contribution in [1.82, 2.24) is 9.55 Å². The lowest BCUT2D eigenvalue weighted by Crippen LogP contribution is -2.26. The molecule has 130 valence electrons. The lowest BCUT2D eigenvalue weighted by atomic mass is 9.97. The van der Waals surface area contributed by atoms with Crippen LogP contribution in [0.2, 0.25) is 0 Å². The minimum atomic E-state index is -0.335. The first-order valence-electron chi connectivity index (χ1n) is 7.89. The minimum absolute atomic E-state index is 0.0242. The van der Waals surface area contributed by atoms with Crippen molar-refractivity contribution in [2.24, 2.45) is 0 Å². The molecule has 2 aromatic rings. The third kappa shape index (κ3) is 3.36. The van der Waals surface area contributed by atoms with Crippen LogP contribution in [-0.2, 0) is 33.7 Å². The van der Waals surface area contributed by atoms with Gasteiger partial charge in [-0.05, 0) is 31.2 Å². The zero-order valence-corrected chi connectivity index (χ0v) is 15.4. The van der Waals surface area contributed by atoms with Crippen molar-refractivity contribution in [2.75, 3.05) is 26.6 Å². The molecule has 0 aliphatic heterocycles. The Bertz CT molecular complexity index is 812. The zero-order chi connectivity index (χ0) is 17.1. The fraction of sp³-hybridized carbons (Fsp3) is 0.562. The number of hydrogen-bond donors (Lipinski definition) is 0. The Morgan fingerprint density at radius 3 is 2.88 bits per heavy atom. The van der Waals surface area contributed by atoms with Crippen molar-refractivity contribution in [3.63, 3.8) is 0 Å². The first-order valence-corrected chi connectivity index (χ1v) is 9.69. The second-order valence-electron chi connectivity index (χ2n) is 5.60. The number of esters is 1. The molecule has 1 aliphatic carbocycles. The monoisotopic (exact) mass is 368 g/mol. The van der Waals surface area contributed by atoms with Gasteiger partial charge in [-0.25, -0.2) is 4.98 Å². The number of rotatable bonds is 6. The van der Waals surface area contributed by atoms with Crippen LogP contribution in [0.3, 0.4) is 0 Å². The molecule has 6 nitrogen and oxygen atoms in total. The van der Waals surface area contributed by atoms with Crippen LogP contribution in [-0.4, -0.2) is 42.1 Å². The van der Waals surface area contributed by atoms with Crippen LogP contribution in [0.4, 0.5) is 0 Å². The van der Waals surface area contributed by atoms with Gasteiger partial charge in [0, 0.05) is 12.0 Å². The Balaban J connectivity index is 2.07. The molecule has 1 aliphatic rings. The number of carbonyl (C=O) groups excluding carboxylic acids is 1. The number of ether oxygens (including phenoxy) is 2. The molecular weight excluding hydrogens is 348 g/mol. The van der Waals surface area contributed by atoms with Gasteiger partial charge in [-0.3, -0.25) is 14.2 Å². The molecule has 0 saturated carbocycles. The van der Waals surface area contributed by atoms with E-state index in [1.165, 1.54) is 35.7 Å². The van der Waals surface area contributed by atoms with E-state index in [4.69, 9.17) is 4.74 Å². The highest BCUT2D eigenvalue weighted by molar-refractivity contribution is 7.99. The van der Waals surface area contributed by atoms with Crippen LogP contribution in [0.15, 0.2) is 9.95 Å². The number of hydrogen-bond acceptors (Lipinski definition) is 7. The summed E-state index contributed by atoms with van der Waals surface area (Å²) < 4.78 is 11.4. The Morgan fingerprint density at radius 1 is 1.33 bits per heavy atom. The highest BCUT2D eigenvalue weighted by Crippen LogP contribution is 2.34. The van der Waals surface area contributed by atoms with Gasteiger partial charge in [-0.15, -0.1) is 11.3 Å². The van der Waals surface area contributed by atoms with Gasteiger partial charge >= 0.3 is 5.97 Å². The fourth-order valence-corrected chi connectivity index (χ4v) is 5.05. The van der Waals surface area contributed by atoms with Gasteiger partial charge in [-0.2, -0.15) is 0 Å². The van der Waals surface area contributed by atoms with Crippen molar-refractivity contribution in [2.45, 2.75) is 37.4 Å². The van der Waals surface area contributed by atoms with Crippen LogP contribution in [0.25, 0.3) is 10.2 Å². The molecule has 8 heteroatoms. The number of fused-ring (bicyclic) bond motifs is 3. The van der Waals surface area contributed by atoms with Crippen LogP contribution in [0.1, 0.15) is 23.3 Å². The summed E-state index contributed by atoms with van der Waals surface area (Å²) in [6, 6.07) is 0. The van der Waals surface area contributed by atoms with Gasteiger partial charge in [0.2, 0.25) is 0 Å². The maximum absolute atomic E-state index is 13.0. The largest absolute Gasteiger partial charge is 0.468 e. The number of thioether (sulfide) groups is 1. The second kappa shape index (κ2) is 7.67. The first-order chi connectivity index (χ1) is 11.7. The summed E-state index contributed by atoms with van der Waals surface area (Å²) in [5.74, 6) is -0.204. The van der Waals surface area contributed by atoms with Crippen LogP contribution in [0.5, 0.6) is 0 Å². The minimum Gasteiger partial charge on any atom is -0.468 e. The van der Waals surface area contributed by atoms with E-state index >= 15 is 0 Å². The van der Waals surface area contributed by atoms with E-state index in [1.54, 1.807) is 23.0 Å². The zero-order valence-electron chi connectivity index (χ0n) is 13.8. The summed E-state index contributed by atoms with van der Waals surface area (Å²) in [6.45, 7) is 0.845. The van der Waals surface area contributed by atoms with Gasteiger partial charge in [0.25, 0.3) is 5.56 Å². The average molecular weight is 368 g/mol. The third-order valence-electron chi connectivity index (χ3n) is 4.11. The molecule has 0 N–H and O–H groups in total. The van der Waals surface area contributed by atoms with E-state index in [-0.39, 0.29) is 17.3 Å². The molecule has 2 aromatic heterocycles. The van der Waals surface area contributed by atoms with Crippen LogP contribution in [0, 0.1) is 0 Å². The normalized spacial score (nSPS) is 13.9. The van der Waals surface area contributed by atoms with E-state index in [9.17, 15) is 9.59 Å². The van der Waals surface area contributed by atoms with E-state index in [2.05, 4.69) is 9.72 Å². The van der Waals surface area contributed by atoms with Gasteiger partial charge in [0.05, 0.1) is 31.4 Å². The summed E-state index contributed by atoms with van der Waals surface area (Å²) in [4.78, 5) is 31.2. The third-order valence-corrected chi connectivity index (χ3v) is 6.24.